The molecule has 0 aliphatic heterocycles. The average Bonchev–Trinajstić information content (AvgIpc) is 3.26. The van der Waals surface area contributed by atoms with Crippen molar-refractivity contribution in [2.75, 3.05) is 0 Å². The number of carbonyl (C=O) groups is 2. The van der Waals surface area contributed by atoms with Gasteiger partial charge in [0.15, 0.2) is 0 Å². The van der Waals surface area contributed by atoms with E-state index in [2.05, 4.69) is 25.9 Å². The quantitative estimate of drug-likeness (QED) is 0.391. The highest BCUT2D eigenvalue weighted by atomic mass is 16.2. The van der Waals surface area contributed by atoms with Crippen LogP contribution in [0.4, 0.5) is 0 Å². The second kappa shape index (κ2) is 10.8. The number of carbonyl (C=O) groups excluding carboxylic acids is 2. The lowest BCUT2D eigenvalue weighted by molar-refractivity contribution is -0.129. The van der Waals surface area contributed by atoms with Gasteiger partial charge in [-0.05, 0) is 56.4 Å². The molecule has 4 rings (SSSR count). The Kier molecular flexibility index (Phi) is 7.63. The molecule has 1 atom stereocenters. The molecule has 0 radical (unpaired) electrons. The van der Waals surface area contributed by atoms with E-state index in [0.29, 0.717) is 13.0 Å². The molecule has 7 heteroatoms. The summed E-state index contributed by atoms with van der Waals surface area (Å²) in [6.07, 6.45) is 11.4. The molecule has 3 aromatic rings. The Bertz CT molecular complexity index is 1100. The molecular weight excluding hydrogens is 426 g/mol. The van der Waals surface area contributed by atoms with E-state index in [1.807, 2.05) is 56.4 Å². The zero-order chi connectivity index (χ0) is 24.0. The summed E-state index contributed by atoms with van der Waals surface area (Å²) in [7, 11) is 0. The van der Waals surface area contributed by atoms with Gasteiger partial charge < -0.3 is 15.6 Å². The highest BCUT2D eigenvalue weighted by Crippen LogP contribution is 2.21. The topological polar surface area (TPSA) is 98.9 Å². The molecule has 4 N–H and O–H groups in total. The van der Waals surface area contributed by atoms with Gasteiger partial charge in [-0.1, -0.05) is 43.5 Å². The van der Waals surface area contributed by atoms with Gasteiger partial charge in [-0.2, -0.15) is 0 Å². The molecule has 1 saturated carbocycles. The van der Waals surface area contributed by atoms with Crippen LogP contribution >= 0.6 is 0 Å². The zero-order valence-corrected chi connectivity index (χ0v) is 20.1. The van der Waals surface area contributed by atoms with E-state index in [4.69, 9.17) is 0 Å². The number of nitrogens with zero attached hydrogens (tertiary/aromatic N) is 1. The van der Waals surface area contributed by atoms with Gasteiger partial charge in [0, 0.05) is 42.1 Å². The largest absolute Gasteiger partial charge is 0.361 e. The van der Waals surface area contributed by atoms with Crippen molar-refractivity contribution in [3.8, 4) is 0 Å². The second-order valence-corrected chi connectivity index (χ2v) is 9.77. The van der Waals surface area contributed by atoms with Gasteiger partial charge in [0.05, 0.1) is 11.6 Å². The van der Waals surface area contributed by atoms with Gasteiger partial charge >= 0.3 is 0 Å². The highest BCUT2D eigenvalue weighted by molar-refractivity contribution is 5.89. The molecule has 34 heavy (non-hydrogen) atoms. The van der Waals surface area contributed by atoms with E-state index in [1.165, 1.54) is 6.42 Å². The minimum absolute atomic E-state index is 0.0663. The fourth-order valence-corrected chi connectivity index (χ4v) is 4.66. The standard InChI is InChI=1S/C27H35N5O2/c1-27(2,26(34)31-21-10-4-3-5-11-21)32-24(25(33)30-17-19-9-8-14-28-16-19)15-20-18-29-23-13-7-6-12-22(20)23/h6-9,12-14,16,18,21,24,29,32H,3-5,10-11,15,17H2,1-2H3,(H,30,33)(H,31,34)/t24-/m0/s1. The number of aromatic nitrogens is 2. The van der Waals surface area contributed by atoms with Crippen LogP contribution in [-0.2, 0) is 22.6 Å². The number of hydrogen-bond donors (Lipinski definition) is 4. The van der Waals surface area contributed by atoms with Crippen LogP contribution in [0, 0.1) is 0 Å². The molecule has 1 fully saturated rings. The van der Waals surface area contributed by atoms with Crippen LogP contribution in [0.5, 0.6) is 0 Å². The Labute approximate surface area is 201 Å². The van der Waals surface area contributed by atoms with E-state index in [1.54, 1.807) is 12.4 Å². The SMILES string of the molecule is CC(C)(N[C@@H](Cc1c[nH]c2ccccc12)C(=O)NCc1cccnc1)C(=O)NC1CCCCC1. The van der Waals surface area contributed by atoms with E-state index < -0.39 is 11.6 Å². The summed E-state index contributed by atoms with van der Waals surface area (Å²) < 4.78 is 0. The Morgan fingerprint density at radius 3 is 2.68 bits per heavy atom. The number of hydrogen-bond acceptors (Lipinski definition) is 4. The van der Waals surface area contributed by atoms with Gasteiger partial charge in [-0.3, -0.25) is 19.9 Å². The van der Waals surface area contributed by atoms with Gasteiger partial charge in [0.25, 0.3) is 0 Å². The van der Waals surface area contributed by atoms with Crippen molar-refractivity contribution in [1.82, 2.24) is 25.9 Å². The Morgan fingerprint density at radius 2 is 1.91 bits per heavy atom. The molecule has 0 spiro atoms. The van der Waals surface area contributed by atoms with Crippen molar-refractivity contribution in [3.63, 3.8) is 0 Å². The summed E-state index contributed by atoms with van der Waals surface area (Å²) in [5.41, 5.74) is 2.09. The minimum atomic E-state index is -0.903. The molecule has 180 valence electrons. The molecule has 0 saturated heterocycles. The van der Waals surface area contributed by atoms with E-state index in [0.717, 1.165) is 47.7 Å². The summed E-state index contributed by atoms with van der Waals surface area (Å²) in [5, 5.41) is 10.7. The first-order valence-electron chi connectivity index (χ1n) is 12.2. The lowest BCUT2D eigenvalue weighted by atomic mass is 9.93. The third-order valence-corrected chi connectivity index (χ3v) is 6.65. The predicted octanol–water partition coefficient (Wildman–Crippen LogP) is 3.61. The highest BCUT2D eigenvalue weighted by Gasteiger charge is 2.34. The first kappa shape index (κ1) is 24.0. The number of para-hydroxylation sites is 1. The Hall–Kier alpha value is -3.19. The molecule has 2 heterocycles. The third kappa shape index (κ3) is 6.03. The maximum Gasteiger partial charge on any atom is 0.239 e. The number of fused-ring (bicyclic) bond motifs is 1. The van der Waals surface area contributed by atoms with Crippen molar-refractivity contribution in [2.24, 2.45) is 0 Å². The van der Waals surface area contributed by atoms with Crippen molar-refractivity contribution >= 4 is 22.7 Å². The minimum Gasteiger partial charge on any atom is -0.361 e. The second-order valence-electron chi connectivity index (χ2n) is 9.77. The predicted molar refractivity (Wildman–Crippen MR) is 134 cm³/mol. The van der Waals surface area contributed by atoms with Gasteiger partial charge in [0.1, 0.15) is 0 Å². The molecule has 2 amide bonds. The number of nitrogens with one attached hydrogen (secondary N) is 4. The normalized spacial score (nSPS) is 15.7. The first-order valence-corrected chi connectivity index (χ1v) is 12.2. The summed E-state index contributed by atoms with van der Waals surface area (Å²) >= 11 is 0. The smallest absolute Gasteiger partial charge is 0.239 e. The summed E-state index contributed by atoms with van der Waals surface area (Å²) in [6, 6.07) is 11.5. The zero-order valence-electron chi connectivity index (χ0n) is 20.1. The van der Waals surface area contributed by atoms with Gasteiger partial charge in [0.2, 0.25) is 11.8 Å². The van der Waals surface area contributed by atoms with E-state index >= 15 is 0 Å². The lowest BCUT2D eigenvalue weighted by Gasteiger charge is -2.33. The Balaban J connectivity index is 1.49. The van der Waals surface area contributed by atoms with Gasteiger partial charge in [-0.25, -0.2) is 0 Å². The number of aromatic amines is 1. The maximum atomic E-state index is 13.3. The molecule has 1 aromatic carbocycles. The van der Waals surface area contributed by atoms with E-state index in [-0.39, 0.29) is 17.9 Å². The summed E-state index contributed by atoms with van der Waals surface area (Å²) in [4.78, 5) is 33.9. The van der Waals surface area contributed by atoms with E-state index in [9.17, 15) is 9.59 Å². The average molecular weight is 462 g/mol. The molecule has 1 aliphatic carbocycles. The summed E-state index contributed by atoms with van der Waals surface area (Å²) in [6.45, 7) is 4.08. The van der Waals surface area contributed by atoms with Crippen LogP contribution in [-0.4, -0.2) is 39.4 Å². The number of pyridine rings is 1. The van der Waals surface area contributed by atoms with Crippen LogP contribution < -0.4 is 16.0 Å². The monoisotopic (exact) mass is 461 g/mol. The maximum absolute atomic E-state index is 13.3. The first-order chi connectivity index (χ1) is 16.4. The fourth-order valence-electron chi connectivity index (χ4n) is 4.66. The molecule has 7 nitrogen and oxygen atoms in total. The third-order valence-electron chi connectivity index (χ3n) is 6.65. The number of rotatable bonds is 9. The van der Waals surface area contributed by atoms with Gasteiger partial charge in [-0.15, -0.1) is 0 Å². The lowest BCUT2D eigenvalue weighted by Crippen LogP contribution is -2.61. The van der Waals surface area contributed by atoms with Crippen molar-refractivity contribution in [3.05, 3.63) is 66.1 Å². The van der Waals surface area contributed by atoms with Crippen molar-refractivity contribution in [2.45, 2.75) is 76.5 Å². The number of amides is 2. The number of H-pyrrole nitrogens is 1. The van der Waals surface area contributed by atoms with Crippen molar-refractivity contribution in [1.29, 1.82) is 0 Å². The Morgan fingerprint density at radius 1 is 1.12 bits per heavy atom. The molecule has 1 aliphatic rings. The van der Waals surface area contributed by atoms with Crippen molar-refractivity contribution < 1.29 is 9.59 Å². The van der Waals surface area contributed by atoms with Crippen LogP contribution in [0.25, 0.3) is 10.9 Å². The molecule has 0 bridgehead atoms. The fraction of sp³-hybridized carbons (Fsp3) is 0.444. The molecule has 0 unspecified atom stereocenters. The van der Waals surface area contributed by atoms with Crippen LogP contribution in [0.3, 0.4) is 0 Å². The van der Waals surface area contributed by atoms with Crippen LogP contribution in [0.1, 0.15) is 57.1 Å². The van der Waals surface area contributed by atoms with Crippen LogP contribution in [0.15, 0.2) is 55.0 Å². The van der Waals surface area contributed by atoms with Crippen LogP contribution in [0.2, 0.25) is 0 Å². The molecule has 2 aromatic heterocycles. The number of benzene rings is 1. The molecular formula is C27H35N5O2. The summed E-state index contributed by atoms with van der Waals surface area (Å²) in [5.74, 6) is -0.212.